The lowest BCUT2D eigenvalue weighted by molar-refractivity contribution is 0.195. The third-order valence-corrected chi connectivity index (χ3v) is 2.01. The number of aromatic nitrogens is 2. The molecule has 1 rings (SSSR count). The Morgan fingerprint density at radius 2 is 2.36 bits per heavy atom. The van der Waals surface area contributed by atoms with E-state index in [-0.39, 0.29) is 13.2 Å². The summed E-state index contributed by atoms with van der Waals surface area (Å²) in [6.07, 6.45) is 1.89. The van der Waals surface area contributed by atoms with Gasteiger partial charge in [-0.05, 0) is 6.26 Å². The Morgan fingerprint density at radius 3 is 2.93 bits per heavy atom. The Labute approximate surface area is 86.9 Å². The van der Waals surface area contributed by atoms with Gasteiger partial charge in [0.25, 0.3) is 0 Å². The van der Waals surface area contributed by atoms with Gasteiger partial charge in [0.2, 0.25) is 5.88 Å². The summed E-state index contributed by atoms with van der Waals surface area (Å²) in [5.41, 5.74) is 0. The molecule has 0 aliphatic rings. The van der Waals surface area contributed by atoms with E-state index in [9.17, 15) is 0 Å². The van der Waals surface area contributed by atoms with Crippen LogP contribution in [0.4, 0.5) is 5.82 Å². The van der Waals surface area contributed by atoms with Crippen molar-refractivity contribution in [3.05, 3.63) is 6.07 Å². The molecule has 5 nitrogen and oxygen atoms in total. The highest BCUT2D eigenvalue weighted by atomic mass is 32.2. The molecule has 6 heteroatoms. The van der Waals surface area contributed by atoms with Crippen molar-refractivity contribution in [3.8, 4) is 5.88 Å². The van der Waals surface area contributed by atoms with Gasteiger partial charge in [0.15, 0.2) is 5.16 Å². The zero-order valence-electron chi connectivity index (χ0n) is 8.15. The maximum Gasteiger partial charge on any atom is 0.219 e. The number of nitrogens with one attached hydrogen (secondary N) is 1. The highest BCUT2D eigenvalue weighted by Crippen LogP contribution is 2.18. The zero-order chi connectivity index (χ0) is 10.4. The van der Waals surface area contributed by atoms with Crippen LogP contribution in [0, 0.1) is 0 Å². The molecule has 0 aromatic carbocycles. The fraction of sp³-hybridized carbons (Fsp3) is 0.500. The Bertz CT molecular complexity index is 274. The Hall–Kier alpha value is -1.01. The van der Waals surface area contributed by atoms with Gasteiger partial charge in [0.05, 0.1) is 6.61 Å². The minimum Gasteiger partial charge on any atom is -0.475 e. The number of thioether (sulfide) groups is 1. The van der Waals surface area contributed by atoms with Gasteiger partial charge in [-0.1, -0.05) is 11.8 Å². The van der Waals surface area contributed by atoms with Crippen molar-refractivity contribution in [2.75, 3.05) is 31.8 Å². The number of aliphatic hydroxyl groups is 1. The van der Waals surface area contributed by atoms with Gasteiger partial charge in [0, 0.05) is 13.1 Å². The van der Waals surface area contributed by atoms with Crippen molar-refractivity contribution in [3.63, 3.8) is 0 Å². The monoisotopic (exact) mass is 215 g/mol. The first kappa shape index (κ1) is 11.1. The molecule has 1 heterocycles. The quantitative estimate of drug-likeness (QED) is 0.554. The molecule has 2 N–H and O–H groups in total. The average Bonchev–Trinajstić information content (AvgIpc) is 2.25. The van der Waals surface area contributed by atoms with Crippen LogP contribution in [0.1, 0.15) is 0 Å². The van der Waals surface area contributed by atoms with Crippen LogP contribution < -0.4 is 10.1 Å². The van der Waals surface area contributed by atoms with Gasteiger partial charge in [-0.2, -0.15) is 4.98 Å². The number of anilines is 1. The molecule has 0 saturated heterocycles. The summed E-state index contributed by atoms with van der Waals surface area (Å²) in [5.74, 6) is 1.18. The summed E-state index contributed by atoms with van der Waals surface area (Å²) in [6, 6.07) is 1.69. The van der Waals surface area contributed by atoms with Crippen LogP contribution in [0.15, 0.2) is 11.2 Å². The molecule has 14 heavy (non-hydrogen) atoms. The van der Waals surface area contributed by atoms with Crippen LogP contribution in [-0.4, -0.2) is 41.6 Å². The molecule has 0 atom stereocenters. The molecule has 1 aromatic rings. The van der Waals surface area contributed by atoms with Crippen molar-refractivity contribution in [1.29, 1.82) is 0 Å². The minimum absolute atomic E-state index is 0.0203. The molecule has 0 aliphatic heterocycles. The van der Waals surface area contributed by atoms with E-state index in [0.29, 0.717) is 16.9 Å². The predicted molar refractivity (Wildman–Crippen MR) is 55.9 cm³/mol. The normalized spacial score (nSPS) is 9.93. The Morgan fingerprint density at radius 1 is 1.57 bits per heavy atom. The summed E-state index contributed by atoms with van der Waals surface area (Å²) in [6.45, 7) is 0.224. The molecule has 0 spiro atoms. The van der Waals surface area contributed by atoms with Crippen molar-refractivity contribution in [1.82, 2.24) is 9.97 Å². The first-order valence-corrected chi connectivity index (χ1v) is 5.37. The molecular formula is C8H13N3O2S. The van der Waals surface area contributed by atoms with Crippen molar-refractivity contribution < 1.29 is 9.84 Å². The average molecular weight is 215 g/mol. The molecule has 78 valence electrons. The molecule has 0 unspecified atom stereocenters. The van der Waals surface area contributed by atoms with E-state index in [1.165, 1.54) is 11.8 Å². The molecule has 0 fully saturated rings. The summed E-state index contributed by atoms with van der Waals surface area (Å²) in [5, 5.41) is 12.1. The molecule has 0 bridgehead atoms. The highest BCUT2D eigenvalue weighted by molar-refractivity contribution is 7.98. The lowest BCUT2D eigenvalue weighted by Crippen LogP contribution is -2.05. The number of nitrogens with zero attached hydrogens (tertiary/aromatic N) is 2. The van der Waals surface area contributed by atoms with Gasteiger partial charge in [-0.25, -0.2) is 4.98 Å². The van der Waals surface area contributed by atoms with E-state index >= 15 is 0 Å². The predicted octanol–water partition coefficient (Wildman–Crippen LogP) is 0.611. The zero-order valence-corrected chi connectivity index (χ0v) is 8.97. The van der Waals surface area contributed by atoms with Crippen LogP contribution in [0.5, 0.6) is 5.88 Å². The highest BCUT2D eigenvalue weighted by Gasteiger charge is 2.03. The molecule has 1 aromatic heterocycles. The van der Waals surface area contributed by atoms with E-state index in [1.54, 1.807) is 13.1 Å². The Kier molecular flexibility index (Phi) is 4.48. The fourth-order valence-corrected chi connectivity index (χ4v) is 1.22. The second kappa shape index (κ2) is 5.66. The summed E-state index contributed by atoms with van der Waals surface area (Å²) in [4.78, 5) is 8.29. The van der Waals surface area contributed by atoms with Crippen LogP contribution in [-0.2, 0) is 0 Å². The second-order valence-electron chi connectivity index (χ2n) is 2.40. The van der Waals surface area contributed by atoms with E-state index in [2.05, 4.69) is 15.3 Å². The SMILES string of the molecule is CNc1cc(OCCO)nc(SC)n1. The maximum absolute atomic E-state index is 8.59. The van der Waals surface area contributed by atoms with Crippen LogP contribution >= 0.6 is 11.8 Å². The van der Waals surface area contributed by atoms with Crippen molar-refractivity contribution >= 4 is 17.6 Å². The third-order valence-electron chi connectivity index (χ3n) is 1.46. The number of rotatable bonds is 5. The summed E-state index contributed by atoms with van der Waals surface area (Å²) < 4.78 is 5.19. The third kappa shape index (κ3) is 3.04. The smallest absolute Gasteiger partial charge is 0.219 e. The number of hydrogen-bond donors (Lipinski definition) is 2. The lowest BCUT2D eigenvalue weighted by atomic mass is 10.5. The molecular weight excluding hydrogens is 202 g/mol. The van der Waals surface area contributed by atoms with E-state index in [0.717, 1.165) is 0 Å². The summed E-state index contributed by atoms with van der Waals surface area (Å²) >= 11 is 1.44. The van der Waals surface area contributed by atoms with Gasteiger partial charge < -0.3 is 15.2 Å². The van der Waals surface area contributed by atoms with E-state index < -0.39 is 0 Å². The molecule has 0 saturated carbocycles. The minimum atomic E-state index is -0.0203. The number of aliphatic hydroxyl groups excluding tert-OH is 1. The first-order valence-electron chi connectivity index (χ1n) is 4.14. The topological polar surface area (TPSA) is 67.3 Å². The largest absolute Gasteiger partial charge is 0.475 e. The molecule has 0 amide bonds. The van der Waals surface area contributed by atoms with Gasteiger partial charge >= 0.3 is 0 Å². The second-order valence-corrected chi connectivity index (χ2v) is 3.17. The fourth-order valence-electron chi connectivity index (χ4n) is 0.847. The van der Waals surface area contributed by atoms with Gasteiger partial charge in [-0.3, -0.25) is 0 Å². The van der Waals surface area contributed by atoms with Gasteiger partial charge in [0.1, 0.15) is 12.4 Å². The number of hydrogen-bond acceptors (Lipinski definition) is 6. The molecule has 0 radical (unpaired) electrons. The van der Waals surface area contributed by atoms with Crippen molar-refractivity contribution in [2.24, 2.45) is 0 Å². The van der Waals surface area contributed by atoms with Crippen LogP contribution in [0.2, 0.25) is 0 Å². The van der Waals surface area contributed by atoms with Crippen molar-refractivity contribution in [2.45, 2.75) is 5.16 Å². The van der Waals surface area contributed by atoms with Crippen LogP contribution in [0.25, 0.3) is 0 Å². The van der Waals surface area contributed by atoms with E-state index in [1.807, 2.05) is 6.26 Å². The first-order chi connectivity index (χ1) is 6.80. The van der Waals surface area contributed by atoms with Crippen LogP contribution in [0.3, 0.4) is 0 Å². The lowest BCUT2D eigenvalue weighted by Gasteiger charge is -2.06. The summed E-state index contributed by atoms with van der Waals surface area (Å²) in [7, 11) is 1.78. The maximum atomic E-state index is 8.59. The van der Waals surface area contributed by atoms with Gasteiger partial charge in [-0.15, -0.1) is 0 Å². The Balaban J connectivity index is 2.81. The van der Waals surface area contributed by atoms with E-state index in [4.69, 9.17) is 9.84 Å². The molecule has 0 aliphatic carbocycles. The standard InChI is InChI=1S/C8H13N3O2S/c1-9-6-5-7(13-4-3-12)11-8(10-6)14-2/h5,12H,3-4H2,1-2H3,(H,9,10,11). The number of ether oxygens (including phenoxy) is 1.